The number of benzene rings is 1. The van der Waals surface area contributed by atoms with E-state index < -0.39 is 0 Å². The van der Waals surface area contributed by atoms with Gasteiger partial charge >= 0.3 is 0 Å². The van der Waals surface area contributed by atoms with Crippen LogP contribution in [0.5, 0.6) is 0 Å². The summed E-state index contributed by atoms with van der Waals surface area (Å²) in [5, 5.41) is 3.44. The Bertz CT molecular complexity index is 853. The maximum atomic E-state index is 12.9. The van der Waals surface area contributed by atoms with Gasteiger partial charge in [-0.05, 0) is 55.7 Å². The number of carbonyl (C=O) groups excluding carboxylic acids is 1. The van der Waals surface area contributed by atoms with Gasteiger partial charge in [-0.15, -0.1) is 0 Å². The second kappa shape index (κ2) is 9.92. The molecule has 1 amide bonds. The first-order valence-corrected chi connectivity index (χ1v) is 10.7. The average molecular weight is 408 g/mol. The highest BCUT2D eigenvalue weighted by Crippen LogP contribution is 2.30. The number of likely N-dealkylation sites (tertiary alicyclic amines) is 1. The molecule has 1 aliphatic rings. The topological polar surface area (TPSA) is 44.7 Å². The number of hydrogen-bond acceptors (Lipinski definition) is 3. The first-order chi connectivity index (χ1) is 14.1. The molecule has 0 aliphatic carbocycles. The number of nitrogens with zero attached hydrogens (tertiary/aromatic N) is 2. The van der Waals surface area contributed by atoms with Crippen molar-refractivity contribution in [1.29, 1.82) is 0 Å². The van der Waals surface area contributed by atoms with Crippen LogP contribution in [0.4, 0.5) is 0 Å². The van der Waals surface area contributed by atoms with E-state index in [2.05, 4.69) is 54.7 Å². The molecule has 1 heterocycles. The molecule has 1 fully saturated rings. The summed E-state index contributed by atoms with van der Waals surface area (Å²) in [5.41, 5.74) is 5.89. The predicted molar refractivity (Wildman–Crippen MR) is 128 cm³/mol. The van der Waals surface area contributed by atoms with Crippen molar-refractivity contribution in [2.24, 2.45) is 10.4 Å². The molecule has 162 valence electrons. The third-order valence-electron chi connectivity index (χ3n) is 5.85. The number of nitrogens with one attached hydrogen (secondary N) is 1. The lowest BCUT2D eigenvalue weighted by atomic mass is 9.86. The van der Waals surface area contributed by atoms with Gasteiger partial charge in [0.1, 0.15) is 0 Å². The van der Waals surface area contributed by atoms with Crippen molar-refractivity contribution in [3.05, 3.63) is 65.5 Å². The number of rotatable bonds is 7. The summed E-state index contributed by atoms with van der Waals surface area (Å²) < 4.78 is 0. The van der Waals surface area contributed by atoms with E-state index in [0.29, 0.717) is 12.1 Å². The minimum absolute atomic E-state index is 0.0237. The average Bonchev–Trinajstić information content (AvgIpc) is 3.20. The molecule has 0 saturated carbocycles. The molecule has 4 nitrogen and oxygen atoms in total. The van der Waals surface area contributed by atoms with E-state index in [0.717, 1.165) is 30.8 Å². The van der Waals surface area contributed by atoms with Crippen molar-refractivity contribution >= 4 is 17.7 Å². The van der Waals surface area contributed by atoms with Crippen LogP contribution in [0.2, 0.25) is 0 Å². The summed E-state index contributed by atoms with van der Waals surface area (Å²) in [6.07, 6.45) is 3.75. The minimum atomic E-state index is -0.228. The molecular weight excluding hydrogens is 370 g/mol. The fraction of sp³-hybridized carbons (Fsp3) is 0.462. The zero-order valence-corrected chi connectivity index (χ0v) is 19.5. The van der Waals surface area contributed by atoms with Crippen LogP contribution in [0, 0.1) is 5.41 Å². The molecule has 4 heteroatoms. The van der Waals surface area contributed by atoms with Crippen LogP contribution < -0.4 is 5.32 Å². The van der Waals surface area contributed by atoms with Crippen LogP contribution in [-0.4, -0.2) is 29.6 Å². The molecule has 0 spiro atoms. The Morgan fingerprint density at radius 3 is 2.43 bits per heavy atom. The van der Waals surface area contributed by atoms with Crippen LogP contribution >= 0.6 is 0 Å². The third kappa shape index (κ3) is 5.71. The molecule has 0 aromatic heterocycles. The van der Waals surface area contributed by atoms with Crippen molar-refractivity contribution < 1.29 is 4.79 Å². The van der Waals surface area contributed by atoms with Crippen molar-refractivity contribution in [2.75, 3.05) is 6.54 Å². The second-order valence-corrected chi connectivity index (χ2v) is 9.06. The lowest BCUT2D eigenvalue weighted by Gasteiger charge is -2.31. The lowest BCUT2D eigenvalue weighted by molar-refractivity contribution is -0.128. The van der Waals surface area contributed by atoms with Crippen LogP contribution in [-0.2, 0) is 11.3 Å². The molecule has 2 rings (SSSR count). The Kier molecular flexibility index (Phi) is 7.83. The van der Waals surface area contributed by atoms with Gasteiger partial charge in [-0.3, -0.25) is 9.79 Å². The van der Waals surface area contributed by atoms with Gasteiger partial charge < -0.3 is 10.2 Å². The molecular formula is C26H37N3O. The molecule has 1 saturated heterocycles. The smallest absolute Gasteiger partial charge is 0.250 e. The third-order valence-corrected chi connectivity index (χ3v) is 5.85. The molecule has 1 aromatic carbocycles. The molecule has 1 atom stereocenters. The zero-order valence-electron chi connectivity index (χ0n) is 19.5. The van der Waals surface area contributed by atoms with E-state index in [1.807, 2.05) is 45.7 Å². The highest BCUT2D eigenvalue weighted by molar-refractivity contribution is 5.94. The van der Waals surface area contributed by atoms with Crippen LogP contribution in [0.25, 0.3) is 5.57 Å². The van der Waals surface area contributed by atoms with Crippen molar-refractivity contribution in [2.45, 2.75) is 67.0 Å². The van der Waals surface area contributed by atoms with E-state index in [4.69, 9.17) is 0 Å². The Hall–Kier alpha value is -2.62. The van der Waals surface area contributed by atoms with Crippen LogP contribution in [0.3, 0.4) is 0 Å². The summed E-state index contributed by atoms with van der Waals surface area (Å²) in [7, 11) is 0. The number of carbonyl (C=O) groups is 1. The number of allylic oxidation sites excluding steroid dienone is 2. The summed E-state index contributed by atoms with van der Waals surface area (Å²) in [5.74, 6) is 0.0460. The van der Waals surface area contributed by atoms with Crippen LogP contribution in [0.1, 0.15) is 65.5 Å². The monoisotopic (exact) mass is 407 g/mol. The quantitative estimate of drug-likeness (QED) is 0.464. The van der Waals surface area contributed by atoms with Gasteiger partial charge in [0.25, 0.3) is 0 Å². The van der Waals surface area contributed by atoms with Crippen molar-refractivity contribution in [1.82, 2.24) is 10.2 Å². The summed E-state index contributed by atoms with van der Waals surface area (Å²) in [6, 6.07) is 8.53. The van der Waals surface area contributed by atoms with E-state index in [9.17, 15) is 4.79 Å². The molecule has 1 aliphatic heterocycles. The normalized spacial score (nSPS) is 17.8. The Morgan fingerprint density at radius 1 is 1.23 bits per heavy atom. The molecule has 0 bridgehead atoms. The van der Waals surface area contributed by atoms with E-state index in [-0.39, 0.29) is 17.4 Å². The highest BCUT2D eigenvalue weighted by Gasteiger charge is 2.34. The van der Waals surface area contributed by atoms with E-state index in [1.54, 1.807) is 0 Å². The summed E-state index contributed by atoms with van der Waals surface area (Å²) in [6.45, 7) is 21.9. The molecule has 1 aromatic rings. The van der Waals surface area contributed by atoms with E-state index in [1.165, 1.54) is 16.7 Å². The van der Waals surface area contributed by atoms with Gasteiger partial charge in [-0.2, -0.15) is 0 Å². The maximum Gasteiger partial charge on any atom is 0.250 e. The Morgan fingerprint density at radius 2 is 1.87 bits per heavy atom. The van der Waals surface area contributed by atoms with Gasteiger partial charge in [-0.25, -0.2) is 0 Å². The number of hydrogen-bond donors (Lipinski definition) is 1. The molecule has 1 N–H and O–H groups in total. The van der Waals surface area contributed by atoms with E-state index >= 15 is 0 Å². The predicted octanol–water partition coefficient (Wildman–Crippen LogP) is 5.72. The van der Waals surface area contributed by atoms with Crippen molar-refractivity contribution in [3.63, 3.8) is 0 Å². The number of aliphatic imine (C=N–C) groups is 1. The van der Waals surface area contributed by atoms with Gasteiger partial charge in [0, 0.05) is 36.3 Å². The van der Waals surface area contributed by atoms with Gasteiger partial charge in [-0.1, -0.05) is 58.2 Å². The second-order valence-electron chi connectivity index (χ2n) is 9.06. The SMILES string of the molecule is C=C(NCc1ccc(/C(C)=C(\C)N=CC)cc1)C1CCCN1C(=O)C(=C)C(C)(C)C. The standard InChI is InChI=1S/C26H37N3O/c1-9-27-20(4)18(2)23-14-12-22(13-15-23)17-28-21(5)24-11-10-16-29(24)25(30)19(3)26(6,7)8/h9,12-15,24,28H,3,5,10-11,16-17H2,1-2,4,6-8H3/b20-18+,27-9?. The minimum Gasteiger partial charge on any atom is -0.383 e. The first kappa shape index (κ1) is 23.7. The molecule has 30 heavy (non-hydrogen) atoms. The zero-order chi connectivity index (χ0) is 22.5. The lowest BCUT2D eigenvalue weighted by Crippen LogP contribution is -2.42. The van der Waals surface area contributed by atoms with Crippen LogP contribution in [0.15, 0.2) is 59.4 Å². The fourth-order valence-corrected chi connectivity index (χ4v) is 3.57. The largest absolute Gasteiger partial charge is 0.383 e. The Labute approximate surface area is 182 Å². The van der Waals surface area contributed by atoms with Gasteiger partial charge in [0.2, 0.25) is 5.91 Å². The van der Waals surface area contributed by atoms with Gasteiger partial charge in [0.05, 0.1) is 6.04 Å². The summed E-state index contributed by atoms with van der Waals surface area (Å²) >= 11 is 0. The maximum absolute atomic E-state index is 12.9. The molecule has 0 radical (unpaired) electrons. The highest BCUT2D eigenvalue weighted by atomic mass is 16.2. The summed E-state index contributed by atoms with van der Waals surface area (Å²) in [4.78, 5) is 19.2. The van der Waals surface area contributed by atoms with Gasteiger partial charge in [0.15, 0.2) is 0 Å². The fourth-order valence-electron chi connectivity index (χ4n) is 3.57. The number of amides is 1. The van der Waals surface area contributed by atoms with Crippen molar-refractivity contribution in [3.8, 4) is 0 Å². The Balaban J connectivity index is 2.00. The first-order valence-electron chi connectivity index (χ1n) is 10.7. The molecule has 1 unspecified atom stereocenters.